The SMILES string of the molecule is COc1cccc(OC(C)C)c1C#N. The summed E-state index contributed by atoms with van der Waals surface area (Å²) in [6.45, 7) is 3.83. The maximum Gasteiger partial charge on any atom is 0.141 e. The van der Waals surface area contributed by atoms with Gasteiger partial charge in [0.15, 0.2) is 0 Å². The number of rotatable bonds is 3. The molecule has 0 heterocycles. The number of benzene rings is 1. The van der Waals surface area contributed by atoms with Gasteiger partial charge in [-0.1, -0.05) is 6.07 Å². The molecule has 3 heteroatoms. The van der Waals surface area contributed by atoms with Crippen LogP contribution >= 0.6 is 0 Å². The van der Waals surface area contributed by atoms with Gasteiger partial charge in [0, 0.05) is 0 Å². The van der Waals surface area contributed by atoms with Crippen LogP contribution in [0.4, 0.5) is 0 Å². The predicted octanol–water partition coefficient (Wildman–Crippen LogP) is 2.35. The van der Waals surface area contributed by atoms with Crippen LogP contribution in [0.15, 0.2) is 18.2 Å². The van der Waals surface area contributed by atoms with Crippen LogP contribution in [0.25, 0.3) is 0 Å². The van der Waals surface area contributed by atoms with Crippen LogP contribution in [0, 0.1) is 11.3 Å². The lowest BCUT2D eigenvalue weighted by Crippen LogP contribution is -2.07. The van der Waals surface area contributed by atoms with Gasteiger partial charge in [-0.25, -0.2) is 0 Å². The highest BCUT2D eigenvalue weighted by atomic mass is 16.5. The van der Waals surface area contributed by atoms with Crippen molar-refractivity contribution in [3.05, 3.63) is 23.8 Å². The molecular weight excluding hydrogens is 178 g/mol. The zero-order valence-electron chi connectivity index (χ0n) is 8.57. The fraction of sp³-hybridized carbons (Fsp3) is 0.364. The maximum absolute atomic E-state index is 8.93. The number of nitrogens with zero attached hydrogens (tertiary/aromatic N) is 1. The highest BCUT2D eigenvalue weighted by molar-refractivity contribution is 5.52. The molecule has 1 aromatic carbocycles. The van der Waals surface area contributed by atoms with Gasteiger partial charge in [-0.2, -0.15) is 5.26 Å². The summed E-state index contributed by atoms with van der Waals surface area (Å²) in [6.07, 6.45) is 0.0502. The minimum Gasteiger partial charge on any atom is -0.495 e. The number of hydrogen-bond donors (Lipinski definition) is 0. The Bertz CT molecular complexity index is 353. The van der Waals surface area contributed by atoms with Gasteiger partial charge in [0.2, 0.25) is 0 Å². The zero-order valence-corrected chi connectivity index (χ0v) is 8.57. The van der Waals surface area contributed by atoms with Gasteiger partial charge in [-0.3, -0.25) is 0 Å². The molecule has 0 N–H and O–H groups in total. The summed E-state index contributed by atoms with van der Waals surface area (Å²) in [5, 5.41) is 8.93. The molecule has 14 heavy (non-hydrogen) atoms. The summed E-state index contributed by atoms with van der Waals surface area (Å²) >= 11 is 0. The van der Waals surface area contributed by atoms with Crippen LogP contribution < -0.4 is 9.47 Å². The highest BCUT2D eigenvalue weighted by Crippen LogP contribution is 2.27. The molecule has 0 fully saturated rings. The van der Waals surface area contributed by atoms with Gasteiger partial charge < -0.3 is 9.47 Å². The number of methoxy groups -OCH3 is 1. The third kappa shape index (κ3) is 2.17. The smallest absolute Gasteiger partial charge is 0.141 e. The Morgan fingerprint density at radius 1 is 1.29 bits per heavy atom. The van der Waals surface area contributed by atoms with Crippen molar-refractivity contribution in [2.75, 3.05) is 7.11 Å². The molecule has 0 unspecified atom stereocenters. The topological polar surface area (TPSA) is 42.2 Å². The van der Waals surface area contributed by atoms with E-state index in [9.17, 15) is 0 Å². The zero-order chi connectivity index (χ0) is 10.6. The van der Waals surface area contributed by atoms with E-state index in [2.05, 4.69) is 6.07 Å². The number of hydrogen-bond acceptors (Lipinski definition) is 3. The maximum atomic E-state index is 8.93. The lowest BCUT2D eigenvalue weighted by molar-refractivity contribution is 0.240. The lowest BCUT2D eigenvalue weighted by Gasteiger charge is -2.12. The van der Waals surface area contributed by atoms with Crippen LogP contribution in [-0.4, -0.2) is 13.2 Å². The fourth-order valence-electron chi connectivity index (χ4n) is 1.14. The largest absolute Gasteiger partial charge is 0.495 e. The van der Waals surface area contributed by atoms with E-state index in [0.29, 0.717) is 17.1 Å². The second-order valence-electron chi connectivity index (χ2n) is 3.11. The molecule has 1 rings (SSSR count). The highest BCUT2D eigenvalue weighted by Gasteiger charge is 2.10. The monoisotopic (exact) mass is 191 g/mol. The Hall–Kier alpha value is -1.69. The van der Waals surface area contributed by atoms with Gasteiger partial charge in [0.05, 0.1) is 13.2 Å². The Morgan fingerprint density at radius 3 is 2.43 bits per heavy atom. The second-order valence-corrected chi connectivity index (χ2v) is 3.11. The normalized spacial score (nSPS) is 9.64. The standard InChI is InChI=1S/C11H13NO2/c1-8(2)14-11-6-4-5-10(13-3)9(11)7-12/h4-6,8H,1-3H3. The lowest BCUT2D eigenvalue weighted by atomic mass is 10.2. The minimum absolute atomic E-state index is 0.0502. The Labute approximate surface area is 83.9 Å². The van der Waals surface area contributed by atoms with Crippen molar-refractivity contribution < 1.29 is 9.47 Å². The van der Waals surface area contributed by atoms with Crippen molar-refractivity contribution in [2.24, 2.45) is 0 Å². The molecular formula is C11H13NO2. The minimum atomic E-state index is 0.0502. The van der Waals surface area contributed by atoms with Gasteiger partial charge in [-0.15, -0.1) is 0 Å². The average molecular weight is 191 g/mol. The first kappa shape index (κ1) is 10.4. The Balaban J connectivity index is 3.10. The predicted molar refractivity (Wildman–Crippen MR) is 53.5 cm³/mol. The molecule has 0 aromatic heterocycles. The van der Waals surface area contributed by atoms with E-state index in [1.54, 1.807) is 18.2 Å². The molecule has 0 aliphatic rings. The first-order chi connectivity index (χ1) is 6.69. The molecule has 0 amide bonds. The summed E-state index contributed by atoms with van der Waals surface area (Å²) in [7, 11) is 1.54. The van der Waals surface area contributed by atoms with E-state index in [0.717, 1.165) is 0 Å². The van der Waals surface area contributed by atoms with E-state index in [-0.39, 0.29) is 6.10 Å². The Kier molecular flexibility index (Phi) is 3.35. The third-order valence-corrected chi connectivity index (χ3v) is 1.68. The molecule has 0 saturated heterocycles. The first-order valence-electron chi connectivity index (χ1n) is 4.42. The van der Waals surface area contributed by atoms with E-state index in [4.69, 9.17) is 14.7 Å². The van der Waals surface area contributed by atoms with Crippen molar-refractivity contribution in [3.8, 4) is 17.6 Å². The van der Waals surface area contributed by atoms with Gasteiger partial charge in [0.1, 0.15) is 23.1 Å². The molecule has 0 saturated carbocycles. The number of ether oxygens (including phenoxy) is 2. The summed E-state index contributed by atoms with van der Waals surface area (Å²) in [5.74, 6) is 1.12. The number of nitriles is 1. The van der Waals surface area contributed by atoms with Crippen LogP contribution in [0.2, 0.25) is 0 Å². The van der Waals surface area contributed by atoms with Crippen molar-refractivity contribution in [3.63, 3.8) is 0 Å². The molecule has 74 valence electrons. The van der Waals surface area contributed by atoms with Gasteiger partial charge >= 0.3 is 0 Å². The fourth-order valence-corrected chi connectivity index (χ4v) is 1.14. The second kappa shape index (κ2) is 4.52. The van der Waals surface area contributed by atoms with E-state index in [1.807, 2.05) is 13.8 Å². The van der Waals surface area contributed by atoms with Crippen LogP contribution in [0.5, 0.6) is 11.5 Å². The molecule has 1 aromatic rings. The van der Waals surface area contributed by atoms with E-state index >= 15 is 0 Å². The summed E-state index contributed by atoms with van der Waals surface area (Å²) in [4.78, 5) is 0. The van der Waals surface area contributed by atoms with Crippen molar-refractivity contribution >= 4 is 0 Å². The van der Waals surface area contributed by atoms with E-state index in [1.165, 1.54) is 7.11 Å². The Morgan fingerprint density at radius 2 is 1.93 bits per heavy atom. The molecule has 0 bridgehead atoms. The molecule has 0 radical (unpaired) electrons. The molecule has 0 aliphatic heterocycles. The van der Waals surface area contributed by atoms with Crippen LogP contribution in [0.1, 0.15) is 19.4 Å². The average Bonchev–Trinajstić information content (AvgIpc) is 2.16. The summed E-state index contributed by atoms with van der Waals surface area (Å²) < 4.78 is 10.5. The van der Waals surface area contributed by atoms with Crippen molar-refractivity contribution in [1.29, 1.82) is 5.26 Å². The van der Waals surface area contributed by atoms with Crippen LogP contribution in [-0.2, 0) is 0 Å². The van der Waals surface area contributed by atoms with Gasteiger partial charge in [-0.05, 0) is 26.0 Å². The molecule has 0 atom stereocenters. The molecule has 0 aliphatic carbocycles. The quantitative estimate of drug-likeness (QED) is 0.736. The summed E-state index contributed by atoms with van der Waals surface area (Å²) in [6, 6.07) is 7.38. The summed E-state index contributed by atoms with van der Waals surface area (Å²) in [5.41, 5.74) is 0.448. The van der Waals surface area contributed by atoms with Gasteiger partial charge in [0.25, 0.3) is 0 Å². The van der Waals surface area contributed by atoms with Crippen molar-refractivity contribution in [1.82, 2.24) is 0 Å². The van der Waals surface area contributed by atoms with Crippen molar-refractivity contribution in [2.45, 2.75) is 20.0 Å². The third-order valence-electron chi connectivity index (χ3n) is 1.68. The molecule has 0 spiro atoms. The van der Waals surface area contributed by atoms with Crippen LogP contribution in [0.3, 0.4) is 0 Å². The first-order valence-corrected chi connectivity index (χ1v) is 4.42. The molecule has 3 nitrogen and oxygen atoms in total. The van der Waals surface area contributed by atoms with E-state index < -0.39 is 0 Å².